The molecule has 1 aliphatic heterocycles. The summed E-state index contributed by atoms with van der Waals surface area (Å²) in [5.74, 6) is 0.264. The van der Waals surface area contributed by atoms with Crippen molar-refractivity contribution in [2.75, 3.05) is 16.8 Å². The maximum atomic E-state index is 13.0. The van der Waals surface area contributed by atoms with Crippen LogP contribution in [0.5, 0.6) is 0 Å². The van der Waals surface area contributed by atoms with Gasteiger partial charge in [0.05, 0.1) is 5.69 Å². The Hall–Kier alpha value is -2.99. The molecule has 0 unspecified atom stereocenters. The molecular formula is C26H27N3O2S. The Kier molecular flexibility index (Phi) is 5.55. The number of nitrogens with zero attached hydrogens (tertiary/aromatic N) is 2. The lowest BCUT2D eigenvalue weighted by Crippen LogP contribution is -2.28. The SMILES string of the molecule is Cc1ccc(C(=O)N2CCc3cc(-c4nc(NC(=O)C5CCCC5)sc4C)ccc32)cc1. The first-order valence-electron chi connectivity index (χ1n) is 11.3. The Morgan fingerprint density at radius 3 is 2.56 bits per heavy atom. The molecule has 2 amide bonds. The van der Waals surface area contributed by atoms with Gasteiger partial charge in [0.15, 0.2) is 5.13 Å². The van der Waals surface area contributed by atoms with Crippen molar-refractivity contribution in [3.8, 4) is 11.3 Å². The van der Waals surface area contributed by atoms with E-state index < -0.39 is 0 Å². The minimum Gasteiger partial charge on any atom is -0.308 e. The highest BCUT2D eigenvalue weighted by Gasteiger charge is 2.27. The van der Waals surface area contributed by atoms with E-state index in [1.807, 2.05) is 55.1 Å². The van der Waals surface area contributed by atoms with Gasteiger partial charge in [-0.2, -0.15) is 0 Å². The predicted molar refractivity (Wildman–Crippen MR) is 129 cm³/mol. The number of thiazole rings is 1. The first kappa shape index (κ1) is 20.9. The number of hydrogen-bond donors (Lipinski definition) is 1. The Morgan fingerprint density at radius 1 is 1.06 bits per heavy atom. The second kappa shape index (κ2) is 8.51. The zero-order chi connectivity index (χ0) is 22.2. The molecule has 5 rings (SSSR count). The summed E-state index contributed by atoms with van der Waals surface area (Å²) in [6.45, 7) is 4.75. The van der Waals surface area contributed by atoms with Crippen molar-refractivity contribution in [2.45, 2.75) is 46.0 Å². The zero-order valence-electron chi connectivity index (χ0n) is 18.5. The number of nitrogens with one attached hydrogen (secondary N) is 1. The molecule has 0 bridgehead atoms. The smallest absolute Gasteiger partial charge is 0.258 e. The molecule has 0 atom stereocenters. The molecular weight excluding hydrogens is 418 g/mol. The highest BCUT2D eigenvalue weighted by atomic mass is 32.1. The van der Waals surface area contributed by atoms with Crippen molar-refractivity contribution in [1.82, 2.24) is 4.98 Å². The van der Waals surface area contributed by atoms with Crippen molar-refractivity contribution in [3.63, 3.8) is 0 Å². The molecule has 3 aromatic rings. The van der Waals surface area contributed by atoms with Crippen LogP contribution >= 0.6 is 11.3 Å². The number of anilines is 2. The lowest BCUT2D eigenvalue weighted by molar-refractivity contribution is -0.119. The van der Waals surface area contributed by atoms with Crippen LogP contribution < -0.4 is 10.2 Å². The van der Waals surface area contributed by atoms with Gasteiger partial charge in [0.2, 0.25) is 5.91 Å². The number of amides is 2. The summed E-state index contributed by atoms with van der Waals surface area (Å²) in [6.07, 6.45) is 5.06. The molecule has 2 heterocycles. The summed E-state index contributed by atoms with van der Waals surface area (Å²) in [6, 6.07) is 13.9. The summed E-state index contributed by atoms with van der Waals surface area (Å²) >= 11 is 1.53. The first-order chi connectivity index (χ1) is 15.5. The van der Waals surface area contributed by atoms with E-state index in [0.29, 0.717) is 17.2 Å². The van der Waals surface area contributed by atoms with E-state index in [1.54, 1.807) is 0 Å². The number of aromatic nitrogens is 1. The summed E-state index contributed by atoms with van der Waals surface area (Å²) in [5.41, 5.74) is 5.93. The number of fused-ring (bicyclic) bond motifs is 1. The third-order valence-corrected chi connectivity index (χ3v) is 7.43. The first-order valence-corrected chi connectivity index (χ1v) is 12.1. The van der Waals surface area contributed by atoms with Gasteiger partial charge in [-0.1, -0.05) is 36.6 Å². The molecule has 0 radical (unpaired) electrons. The third-order valence-electron chi connectivity index (χ3n) is 6.54. The van der Waals surface area contributed by atoms with E-state index >= 15 is 0 Å². The van der Waals surface area contributed by atoms with Crippen LogP contribution in [0.4, 0.5) is 10.8 Å². The van der Waals surface area contributed by atoms with Crippen molar-refractivity contribution >= 4 is 34.0 Å². The van der Waals surface area contributed by atoms with Crippen LogP contribution in [0.3, 0.4) is 0 Å². The van der Waals surface area contributed by atoms with E-state index in [4.69, 9.17) is 4.98 Å². The largest absolute Gasteiger partial charge is 0.308 e. The lowest BCUT2D eigenvalue weighted by Gasteiger charge is -2.17. The normalized spacial score (nSPS) is 15.8. The predicted octanol–water partition coefficient (Wildman–Crippen LogP) is 5.76. The van der Waals surface area contributed by atoms with Gasteiger partial charge in [0.1, 0.15) is 0 Å². The van der Waals surface area contributed by atoms with E-state index in [-0.39, 0.29) is 17.7 Å². The van der Waals surface area contributed by atoms with Gasteiger partial charge in [0, 0.05) is 34.2 Å². The fourth-order valence-corrected chi connectivity index (χ4v) is 5.56. The van der Waals surface area contributed by atoms with Gasteiger partial charge >= 0.3 is 0 Å². The average molecular weight is 446 g/mol. The summed E-state index contributed by atoms with van der Waals surface area (Å²) < 4.78 is 0. The van der Waals surface area contributed by atoms with Gasteiger partial charge in [0.25, 0.3) is 5.91 Å². The van der Waals surface area contributed by atoms with Crippen LogP contribution in [0.25, 0.3) is 11.3 Å². The fraction of sp³-hybridized carbons (Fsp3) is 0.346. The molecule has 2 aromatic carbocycles. The van der Waals surface area contributed by atoms with Crippen molar-refractivity contribution in [3.05, 3.63) is 64.0 Å². The van der Waals surface area contributed by atoms with Crippen LogP contribution in [0.15, 0.2) is 42.5 Å². The molecule has 1 fully saturated rings. The maximum Gasteiger partial charge on any atom is 0.258 e. The molecule has 2 aliphatic rings. The van der Waals surface area contributed by atoms with Gasteiger partial charge in [-0.25, -0.2) is 4.98 Å². The van der Waals surface area contributed by atoms with E-state index in [0.717, 1.165) is 65.1 Å². The second-order valence-corrected chi connectivity index (χ2v) is 10.0. The maximum absolute atomic E-state index is 13.0. The van der Waals surface area contributed by atoms with Gasteiger partial charge in [-0.3, -0.25) is 9.59 Å². The molecule has 0 spiro atoms. The lowest BCUT2D eigenvalue weighted by atomic mass is 10.1. The summed E-state index contributed by atoms with van der Waals surface area (Å²) in [4.78, 5) is 33.2. The van der Waals surface area contributed by atoms with E-state index in [9.17, 15) is 9.59 Å². The number of benzene rings is 2. The van der Waals surface area contributed by atoms with E-state index in [2.05, 4.69) is 11.4 Å². The molecule has 0 saturated heterocycles. The number of aryl methyl sites for hydroxylation is 2. The van der Waals surface area contributed by atoms with Crippen LogP contribution in [0.1, 0.15) is 52.0 Å². The Labute approximate surface area is 192 Å². The molecule has 32 heavy (non-hydrogen) atoms. The standard InChI is InChI=1S/C26H27N3O2S/c1-16-7-9-19(10-8-16)25(31)29-14-13-20-15-21(11-12-22(20)29)23-17(2)32-26(27-23)28-24(30)18-5-3-4-6-18/h7-12,15,18H,3-6,13-14H2,1-2H3,(H,27,28,30). The number of carbonyl (C=O) groups is 2. The monoisotopic (exact) mass is 445 g/mol. The van der Waals surface area contributed by atoms with Crippen LogP contribution in [0.2, 0.25) is 0 Å². The van der Waals surface area contributed by atoms with Crippen LogP contribution in [-0.2, 0) is 11.2 Å². The number of rotatable bonds is 4. The van der Waals surface area contributed by atoms with Crippen LogP contribution in [-0.4, -0.2) is 23.3 Å². The molecule has 6 heteroatoms. The van der Waals surface area contributed by atoms with Crippen molar-refractivity contribution in [2.24, 2.45) is 5.92 Å². The minimum absolute atomic E-state index is 0.0400. The Balaban J connectivity index is 1.35. The summed E-state index contributed by atoms with van der Waals surface area (Å²) in [7, 11) is 0. The van der Waals surface area contributed by atoms with E-state index in [1.165, 1.54) is 11.3 Å². The van der Waals surface area contributed by atoms with Gasteiger partial charge in [-0.15, -0.1) is 11.3 Å². The minimum atomic E-state index is 0.0400. The van der Waals surface area contributed by atoms with Crippen molar-refractivity contribution in [1.29, 1.82) is 0 Å². The molecule has 1 saturated carbocycles. The molecule has 1 N–H and O–H groups in total. The quantitative estimate of drug-likeness (QED) is 0.555. The molecule has 1 aromatic heterocycles. The highest BCUT2D eigenvalue weighted by Crippen LogP contribution is 2.36. The van der Waals surface area contributed by atoms with Gasteiger partial charge < -0.3 is 10.2 Å². The third kappa shape index (κ3) is 3.95. The highest BCUT2D eigenvalue weighted by molar-refractivity contribution is 7.16. The number of carbonyl (C=O) groups excluding carboxylic acids is 2. The van der Waals surface area contributed by atoms with Gasteiger partial charge in [-0.05, 0) is 62.9 Å². The molecule has 5 nitrogen and oxygen atoms in total. The number of hydrogen-bond acceptors (Lipinski definition) is 4. The molecule has 164 valence electrons. The van der Waals surface area contributed by atoms with Crippen molar-refractivity contribution < 1.29 is 9.59 Å². The fourth-order valence-electron chi connectivity index (χ4n) is 4.73. The summed E-state index contributed by atoms with van der Waals surface area (Å²) in [5, 5.41) is 3.70. The molecule has 1 aliphatic carbocycles. The Morgan fingerprint density at radius 2 is 1.81 bits per heavy atom. The van der Waals surface area contributed by atoms with Crippen LogP contribution in [0, 0.1) is 19.8 Å². The zero-order valence-corrected chi connectivity index (χ0v) is 19.3. The topological polar surface area (TPSA) is 62.3 Å². The second-order valence-electron chi connectivity index (χ2n) is 8.81. The Bertz CT molecular complexity index is 1180. The average Bonchev–Trinajstić information content (AvgIpc) is 3.53.